The SMILES string of the molecule is CC(=O)O[C@@H]1[C@H](Oc2ccc3c(C)cc(=O)oc3c2)O[C@@H](C)[C@@H](F)[C@H]1OC(C)=O. The van der Waals surface area contributed by atoms with Gasteiger partial charge in [-0.25, -0.2) is 9.18 Å². The highest BCUT2D eigenvalue weighted by Gasteiger charge is 2.50. The van der Waals surface area contributed by atoms with Crippen LogP contribution in [-0.2, 0) is 23.8 Å². The van der Waals surface area contributed by atoms with Crippen molar-refractivity contribution in [2.24, 2.45) is 0 Å². The molecule has 0 saturated carbocycles. The second-order valence-corrected chi connectivity index (χ2v) is 6.83. The van der Waals surface area contributed by atoms with E-state index >= 15 is 0 Å². The van der Waals surface area contributed by atoms with Crippen LogP contribution in [0.1, 0.15) is 26.3 Å². The third-order valence-corrected chi connectivity index (χ3v) is 4.48. The Morgan fingerprint density at radius 3 is 2.38 bits per heavy atom. The minimum absolute atomic E-state index is 0.236. The highest BCUT2D eigenvalue weighted by molar-refractivity contribution is 5.81. The summed E-state index contributed by atoms with van der Waals surface area (Å²) < 4.78 is 41.3. The lowest BCUT2D eigenvalue weighted by Crippen LogP contribution is -2.59. The van der Waals surface area contributed by atoms with E-state index in [4.69, 9.17) is 23.4 Å². The fourth-order valence-electron chi connectivity index (χ4n) is 3.21. The van der Waals surface area contributed by atoms with Gasteiger partial charge in [-0.15, -0.1) is 0 Å². The van der Waals surface area contributed by atoms with E-state index in [9.17, 15) is 18.8 Å². The number of benzene rings is 1. The lowest BCUT2D eigenvalue weighted by Gasteiger charge is -2.41. The number of carbonyl (C=O) groups is 2. The van der Waals surface area contributed by atoms with E-state index in [2.05, 4.69) is 0 Å². The first kappa shape index (κ1) is 20.8. The van der Waals surface area contributed by atoms with Crippen LogP contribution in [0.3, 0.4) is 0 Å². The van der Waals surface area contributed by atoms with E-state index in [1.807, 2.05) is 0 Å². The molecule has 1 aliphatic heterocycles. The minimum Gasteiger partial charge on any atom is -0.461 e. The molecule has 29 heavy (non-hydrogen) atoms. The molecule has 1 aromatic carbocycles. The van der Waals surface area contributed by atoms with Crippen molar-refractivity contribution in [1.29, 1.82) is 0 Å². The fourth-order valence-corrected chi connectivity index (χ4v) is 3.21. The van der Waals surface area contributed by atoms with Gasteiger partial charge in [0.05, 0.1) is 6.10 Å². The quantitative estimate of drug-likeness (QED) is 0.562. The van der Waals surface area contributed by atoms with Crippen molar-refractivity contribution in [3.05, 3.63) is 40.2 Å². The summed E-state index contributed by atoms with van der Waals surface area (Å²) in [5.74, 6) is -1.21. The zero-order chi connectivity index (χ0) is 21.3. The number of ether oxygens (including phenoxy) is 4. The molecule has 156 valence electrons. The van der Waals surface area contributed by atoms with Gasteiger partial charge in [0.1, 0.15) is 11.3 Å². The number of hydrogen-bond donors (Lipinski definition) is 0. The maximum atomic E-state index is 14.6. The molecule has 9 heteroatoms. The Morgan fingerprint density at radius 1 is 1.07 bits per heavy atom. The number of hydrogen-bond acceptors (Lipinski definition) is 8. The van der Waals surface area contributed by atoms with Crippen molar-refractivity contribution in [3.8, 4) is 5.75 Å². The van der Waals surface area contributed by atoms with Crippen LogP contribution < -0.4 is 10.4 Å². The third kappa shape index (κ3) is 4.56. The smallest absolute Gasteiger partial charge is 0.336 e. The van der Waals surface area contributed by atoms with Gasteiger partial charge in [-0.05, 0) is 31.5 Å². The average Bonchev–Trinajstić information content (AvgIpc) is 2.61. The van der Waals surface area contributed by atoms with Crippen molar-refractivity contribution in [1.82, 2.24) is 0 Å². The number of alkyl halides is 1. The Bertz CT molecular complexity index is 984. The van der Waals surface area contributed by atoms with Crippen molar-refractivity contribution in [2.45, 2.75) is 58.5 Å². The Balaban J connectivity index is 1.94. The molecule has 1 fully saturated rings. The monoisotopic (exact) mass is 408 g/mol. The van der Waals surface area contributed by atoms with Crippen molar-refractivity contribution >= 4 is 22.9 Å². The molecule has 8 nitrogen and oxygen atoms in total. The molecular weight excluding hydrogens is 387 g/mol. The van der Waals surface area contributed by atoms with E-state index in [0.717, 1.165) is 19.4 Å². The van der Waals surface area contributed by atoms with E-state index in [1.54, 1.807) is 19.1 Å². The topological polar surface area (TPSA) is 101 Å². The number of rotatable bonds is 4. The van der Waals surface area contributed by atoms with Crippen LogP contribution in [0, 0.1) is 6.92 Å². The second kappa shape index (κ2) is 8.20. The third-order valence-electron chi connectivity index (χ3n) is 4.48. The van der Waals surface area contributed by atoms with Crippen LogP contribution >= 0.6 is 0 Å². The van der Waals surface area contributed by atoms with Crippen molar-refractivity contribution < 1.29 is 37.3 Å². The zero-order valence-corrected chi connectivity index (χ0v) is 16.3. The number of carbonyl (C=O) groups excluding carboxylic acids is 2. The number of esters is 2. The molecule has 2 heterocycles. The van der Waals surface area contributed by atoms with Gasteiger partial charge in [0.25, 0.3) is 0 Å². The highest BCUT2D eigenvalue weighted by atomic mass is 19.1. The fraction of sp³-hybridized carbons (Fsp3) is 0.450. The minimum atomic E-state index is -1.72. The highest BCUT2D eigenvalue weighted by Crippen LogP contribution is 2.31. The predicted octanol–water partition coefficient (Wildman–Crippen LogP) is 2.43. The molecule has 5 atom stereocenters. The molecule has 1 aliphatic rings. The van der Waals surface area contributed by atoms with Gasteiger partial charge >= 0.3 is 17.6 Å². The van der Waals surface area contributed by atoms with E-state index in [1.165, 1.54) is 19.1 Å². The second-order valence-electron chi connectivity index (χ2n) is 6.83. The van der Waals surface area contributed by atoms with Gasteiger partial charge < -0.3 is 23.4 Å². The van der Waals surface area contributed by atoms with E-state index in [-0.39, 0.29) is 5.75 Å². The van der Waals surface area contributed by atoms with Crippen molar-refractivity contribution in [2.75, 3.05) is 0 Å². The largest absolute Gasteiger partial charge is 0.461 e. The predicted molar refractivity (Wildman–Crippen MR) is 98.2 cm³/mol. The maximum absolute atomic E-state index is 14.6. The molecule has 1 saturated heterocycles. The Labute approximate surface area is 165 Å². The van der Waals surface area contributed by atoms with Crippen LogP contribution in [0.2, 0.25) is 0 Å². The van der Waals surface area contributed by atoms with Gasteiger partial charge in [-0.3, -0.25) is 9.59 Å². The summed E-state index contributed by atoms with van der Waals surface area (Å²) in [6.07, 6.45) is -6.69. The molecule has 0 amide bonds. The van der Waals surface area contributed by atoms with Gasteiger partial charge in [-0.1, -0.05) is 0 Å². The van der Waals surface area contributed by atoms with Crippen LogP contribution in [0.25, 0.3) is 11.0 Å². The summed E-state index contributed by atoms with van der Waals surface area (Å²) in [4.78, 5) is 34.6. The van der Waals surface area contributed by atoms with Gasteiger partial charge in [0.15, 0.2) is 12.3 Å². The first-order valence-corrected chi connectivity index (χ1v) is 9.01. The maximum Gasteiger partial charge on any atom is 0.336 e. The summed E-state index contributed by atoms with van der Waals surface area (Å²) in [5, 5.41) is 0.716. The van der Waals surface area contributed by atoms with Crippen molar-refractivity contribution in [3.63, 3.8) is 0 Å². The summed E-state index contributed by atoms with van der Waals surface area (Å²) >= 11 is 0. The van der Waals surface area contributed by atoms with Gasteiger partial charge in [0, 0.05) is 31.4 Å². The molecule has 0 aliphatic carbocycles. The number of fused-ring (bicyclic) bond motifs is 1. The normalized spacial score (nSPS) is 26.7. The lowest BCUT2D eigenvalue weighted by atomic mass is 10.0. The lowest BCUT2D eigenvalue weighted by molar-refractivity contribution is -0.266. The average molecular weight is 408 g/mol. The number of aryl methyl sites for hydroxylation is 1. The molecule has 0 spiro atoms. The summed E-state index contributed by atoms with van der Waals surface area (Å²) in [6, 6.07) is 6.15. The summed E-state index contributed by atoms with van der Waals surface area (Å²) in [7, 11) is 0. The summed E-state index contributed by atoms with van der Waals surface area (Å²) in [6.45, 7) is 5.49. The molecule has 3 rings (SSSR count). The Kier molecular flexibility index (Phi) is 5.88. The number of halogens is 1. The Morgan fingerprint density at radius 2 is 1.72 bits per heavy atom. The van der Waals surface area contributed by atoms with Gasteiger partial charge in [0.2, 0.25) is 12.4 Å². The van der Waals surface area contributed by atoms with E-state index in [0.29, 0.717) is 11.0 Å². The first-order chi connectivity index (χ1) is 13.7. The molecule has 0 unspecified atom stereocenters. The van der Waals surface area contributed by atoms with Gasteiger partial charge in [-0.2, -0.15) is 0 Å². The van der Waals surface area contributed by atoms with E-state index < -0.39 is 48.3 Å². The van der Waals surface area contributed by atoms with Crippen LogP contribution in [0.15, 0.2) is 33.5 Å². The van der Waals surface area contributed by atoms with Crippen LogP contribution in [0.5, 0.6) is 5.75 Å². The summed E-state index contributed by atoms with van der Waals surface area (Å²) in [5.41, 5.74) is 0.515. The molecule has 1 aromatic heterocycles. The molecule has 0 bridgehead atoms. The zero-order valence-electron chi connectivity index (χ0n) is 16.3. The van der Waals surface area contributed by atoms with Crippen LogP contribution in [0.4, 0.5) is 4.39 Å². The van der Waals surface area contributed by atoms with Crippen LogP contribution in [-0.4, -0.2) is 42.7 Å². The standard InChI is InChI=1S/C20H21FO8/c1-9-7-16(24)29-15-8-13(5-6-14(9)15)28-20-19(27-12(4)23)18(26-11(3)22)17(21)10(2)25-20/h5-8,10,17-20H,1-4H3/t10-,17+,18+,19-,20-/m0/s1. The first-order valence-electron chi connectivity index (χ1n) is 9.01. The molecule has 2 aromatic rings. The molecule has 0 N–H and O–H groups in total. The molecular formula is C20H21FO8. The molecule has 0 radical (unpaired) electrons. The Hall–Kier alpha value is -2.94.